The van der Waals surface area contributed by atoms with Crippen LogP contribution >= 0.6 is 40.1 Å². The van der Waals surface area contributed by atoms with Crippen molar-refractivity contribution < 1.29 is 9.53 Å². The molecule has 0 unspecified atom stereocenters. The highest BCUT2D eigenvalue weighted by Gasteiger charge is 2.15. The van der Waals surface area contributed by atoms with Crippen LogP contribution in [0.4, 0.5) is 0 Å². The summed E-state index contributed by atoms with van der Waals surface area (Å²) in [6, 6.07) is 15.7. The van der Waals surface area contributed by atoms with Crippen molar-refractivity contribution in [1.29, 1.82) is 0 Å². The molecule has 0 aliphatic heterocycles. The summed E-state index contributed by atoms with van der Waals surface area (Å²) in [6.45, 7) is 7.29. The molecule has 2 N–H and O–H groups in total. The van der Waals surface area contributed by atoms with Gasteiger partial charge in [-0.05, 0) is 74.5 Å². The Bertz CT molecular complexity index is 1050. The zero-order valence-electron chi connectivity index (χ0n) is 19.5. The van der Waals surface area contributed by atoms with Gasteiger partial charge in [-0.3, -0.25) is 4.79 Å². The van der Waals surface area contributed by atoms with E-state index >= 15 is 0 Å². The van der Waals surface area contributed by atoms with E-state index in [1.807, 2.05) is 69.3 Å². The van der Waals surface area contributed by atoms with Gasteiger partial charge < -0.3 is 15.4 Å². The summed E-state index contributed by atoms with van der Waals surface area (Å²) >= 11 is 5.14. The monoisotopic (exact) mass is 568 g/mol. The first kappa shape index (κ1) is 28.1. The number of carbonyl (C=O) groups excluding carboxylic acids is 1. The maximum Gasteiger partial charge on any atom is 0.258 e. The van der Waals surface area contributed by atoms with Gasteiger partial charge in [-0.25, -0.2) is 0 Å². The average Bonchev–Trinajstić information content (AvgIpc) is 3.23. The lowest BCUT2D eigenvalue weighted by molar-refractivity contribution is -0.124. The number of halogens is 2. The highest BCUT2D eigenvalue weighted by Crippen LogP contribution is 2.23. The summed E-state index contributed by atoms with van der Waals surface area (Å²) < 4.78 is 8.50. The van der Waals surface area contributed by atoms with Crippen molar-refractivity contribution in [1.82, 2.24) is 30.8 Å². The molecule has 0 atom stereocenters. The molecule has 0 bridgehead atoms. The number of tetrazole rings is 1. The van der Waals surface area contributed by atoms with Crippen LogP contribution < -0.4 is 15.4 Å². The lowest BCUT2D eigenvalue weighted by Gasteiger charge is -2.21. The molecule has 8 nitrogen and oxygen atoms in total. The topological polar surface area (TPSA) is 94.0 Å². The van der Waals surface area contributed by atoms with Crippen molar-refractivity contribution >= 4 is 46.0 Å². The molecular formula is C23H30BrClN6O2S. The van der Waals surface area contributed by atoms with Crippen LogP contribution in [0.1, 0.15) is 32.8 Å². The second-order valence-corrected chi connectivity index (χ2v) is 10.4. The Kier molecular flexibility index (Phi) is 11.3. The molecule has 0 saturated carbocycles. The summed E-state index contributed by atoms with van der Waals surface area (Å²) in [4.78, 5) is 12.1. The Morgan fingerprint density at radius 2 is 1.94 bits per heavy atom. The first-order chi connectivity index (χ1) is 15.8. The summed E-state index contributed by atoms with van der Waals surface area (Å²) in [5.74, 6) is 1.44. The summed E-state index contributed by atoms with van der Waals surface area (Å²) in [5.41, 5.74) is 1.66. The number of rotatable bonds is 11. The van der Waals surface area contributed by atoms with Crippen LogP contribution in [0.2, 0.25) is 0 Å². The molecule has 11 heteroatoms. The number of hydrogen-bond acceptors (Lipinski definition) is 7. The summed E-state index contributed by atoms with van der Waals surface area (Å²) in [6.07, 6.45) is 0.949. The van der Waals surface area contributed by atoms with Gasteiger partial charge in [-0.15, -0.1) is 17.5 Å². The Morgan fingerprint density at radius 3 is 2.68 bits per heavy atom. The van der Waals surface area contributed by atoms with E-state index in [4.69, 9.17) is 4.74 Å². The van der Waals surface area contributed by atoms with E-state index in [2.05, 4.69) is 42.1 Å². The van der Waals surface area contributed by atoms with Crippen LogP contribution in [-0.4, -0.2) is 50.6 Å². The third kappa shape index (κ3) is 9.25. The van der Waals surface area contributed by atoms with Crippen molar-refractivity contribution in [2.75, 3.05) is 18.9 Å². The molecule has 0 aliphatic rings. The SMILES string of the molecule is CC(C)(C)NC(=O)COc1ccc(Br)cc1CNCCCSc1nnnn1-c1ccccc1.Cl. The van der Waals surface area contributed by atoms with E-state index in [0.717, 1.165) is 39.6 Å². The van der Waals surface area contributed by atoms with E-state index in [0.29, 0.717) is 12.3 Å². The third-order valence-electron chi connectivity index (χ3n) is 4.38. The van der Waals surface area contributed by atoms with Gasteiger partial charge in [-0.1, -0.05) is 45.9 Å². The van der Waals surface area contributed by atoms with E-state index in [1.54, 1.807) is 16.4 Å². The summed E-state index contributed by atoms with van der Waals surface area (Å²) in [5, 5.41) is 19.1. The zero-order valence-corrected chi connectivity index (χ0v) is 22.7. The number of benzene rings is 2. The van der Waals surface area contributed by atoms with Crippen LogP contribution in [0.5, 0.6) is 5.75 Å². The molecule has 1 heterocycles. The predicted molar refractivity (Wildman–Crippen MR) is 141 cm³/mol. The molecule has 0 spiro atoms. The van der Waals surface area contributed by atoms with E-state index in [1.165, 1.54) is 0 Å². The van der Waals surface area contributed by atoms with Crippen molar-refractivity contribution in [2.45, 2.75) is 44.4 Å². The predicted octanol–water partition coefficient (Wildman–Crippen LogP) is 4.41. The van der Waals surface area contributed by atoms with Gasteiger partial charge in [0.2, 0.25) is 5.16 Å². The number of nitrogens with zero attached hydrogens (tertiary/aromatic N) is 4. The maximum atomic E-state index is 12.1. The molecule has 1 amide bonds. The number of ether oxygens (including phenoxy) is 1. The summed E-state index contributed by atoms with van der Waals surface area (Å²) in [7, 11) is 0. The fraction of sp³-hybridized carbons (Fsp3) is 0.391. The number of thioether (sulfide) groups is 1. The molecule has 2 aromatic carbocycles. The first-order valence-electron chi connectivity index (χ1n) is 10.7. The van der Waals surface area contributed by atoms with Crippen LogP contribution in [0.3, 0.4) is 0 Å². The molecular weight excluding hydrogens is 540 g/mol. The Labute approximate surface area is 219 Å². The largest absolute Gasteiger partial charge is 0.483 e. The number of nitrogens with one attached hydrogen (secondary N) is 2. The molecule has 34 heavy (non-hydrogen) atoms. The van der Waals surface area contributed by atoms with Gasteiger partial charge in [0.25, 0.3) is 5.91 Å². The zero-order chi connectivity index (χ0) is 23.7. The maximum absolute atomic E-state index is 12.1. The number of aromatic nitrogens is 4. The first-order valence-corrected chi connectivity index (χ1v) is 12.5. The van der Waals surface area contributed by atoms with Crippen molar-refractivity contribution in [3.63, 3.8) is 0 Å². The molecule has 0 radical (unpaired) electrons. The lowest BCUT2D eigenvalue weighted by atomic mass is 10.1. The Balaban J connectivity index is 0.00000408. The number of hydrogen-bond donors (Lipinski definition) is 2. The van der Waals surface area contributed by atoms with E-state index < -0.39 is 0 Å². The number of carbonyl (C=O) groups is 1. The molecule has 1 aromatic heterocycles. The van der Waals surface area contributed by atoms with Gasteiger partial charge in [0.05, 0.1) is 5.69 Å². The van der Waals surface area contributed by atoms with Gasteiger partial charge in [0, 0.05) is 27.9 Å². The fourth-order valence-electron chi connectivity index (χ4n) is 3.01. The van der Waals surface area contributed by atoms with Crippen molar-refractivity contribution in [3.05, 3.63) is 58.6 Å². The second kappa shape index (κ2) is 13.7. The minimum atomic E-state index is -0.285. The third-order valence-corrected chi connectivity index (χ3v) is 5.88. The Morgan fingerprint density at radius 1 is 1.18 bits per heavy atom. The molecule has 0 aliphatic carbocycles. The Hall–Kier alpha value is -2.14. The standard InChI is InChI=1S/C23H29BrN6O2S.ClH/c1-23(2,3)26-21(31)16-32-20-11-10-18(24)14-17(20)15-25-12-7-13-33-22-27-28-29-30(22)19-8-5-4-6-9-19;/h4-6,8-11,14,25H,7,12-13,15-16H2,1-3H3,(H,26,31);1H. The quantitative estimate of drug-likeness (QED) is 0.261. The highest BCUT2D eigenvalue weighted by atomic mass is 79.9. The van der Waals surface area contributed by atoms with Crippen LogP contribution in [0.25, 0.3) is 5.69 Å². The normalized spacial score (nSPS) is 11.1. The minimum Gasteiger partial charge on any atom is -0.483 e. The highest BCUT2D eigenvalue weighted by molar-refractivity contribution is 9.10. The average molecular weight is 570 g/mol. The second-order valence-electron chi connectivity index (χ2n) is 8.43. The lowest BCUT2D eigenvalue weighted by Crippen LogP contribution is -2.43. The van der Waals surface area contributed by atoms with Crippen LogP contribution in [0, 0.1) is 0 Å². The van der Waals surface area contributed by atoms with Crippen LogP contribution in [0.15, 0.2) is 58.2 Å². The molecule has 3 aromatic rings. The van der Waals surface area contributed by atoms with Crippen LogP contribution in [-0.2, 0) is 11.3 Å². The van der Waals surface area contributed by atoms with E-state index in [-0.39, 0.29) is 30.5 Å². The molecule has 3 rings (SSSR count). The van der Waals surface area contributed by atoms with Gasteiger partial charge in [0.15, 0.2) is 6.61 Å². The molecule has 0 fully saturated rings. The van der Waals surface area contributed by atoms with Crippen molar-refractivity contribution in [2.24, 2.45) is 0 Å². The number of amides is 1. The van der Waals surface area contributed by atoms with Crippen molar-refractivity contribution in [3.8, 4) is 11.4 Å². The van der Waals surface area contributed by atoms with Gasteiger partial charge >= 0.3 is 0 Å². The fourth-order valence-corrected chi connectivity index (χ4v) is 4.25. The minimum absolute atomic E-state index is 0. The van der Waals surface area contributed by atoms with E-state index in [9.17, 15) is 4.79 Å². The molecule has 0 saturated heterocycles. The molecule has 184 valence electrons. The number of para-hydroxylation sites is 1. The smallest absolute Gasteiger partial charge is 0.258 e. The van der Waals surface area contributed by atoms with Gasteiger partial charge in [0.1, 0.15) is 5.75 Å². The van der Waals surface area contributed by atoms with Gasteiger partial charge in [-0.2, -0.15) is 4.68 Å².